The van der Waals surface area contributed by atoms with Gasteiger partial charge in [-0.25, -0.2) is 0 Å². The predicted molar refractivity (Wildman–Crippen MR) is 43.7 cm³/mol. The molecule has 0 bridgehead atoms. The minimum absolute atomic E-state index is 0.334. The Labute approximate surface area is 67.3 Å². The van der Waals surface area contributed by atoms with Gasteiger partial charge in [-0.1, -0.05) is 12.8 Å². The van der Waals surface area contributed by atoms with Gasteiger partial charge in [0.1, 0.15) is 0 Å². The molecule has 0 aliphatic heterocycles. The SMILES string of the molecule is CC1(OP(C)(=O)O)CCCC1. The number of rotatable bonds is 2. The standard InChI is InChI=1S/C7H15O3P/c1-7(5-3-4-6-7)10-11(2,8)9/h3-6H2,1-2H3,(H,8,9). The van der Waals surface area contributed by atoms with Crippen LogP contribution < -0.4 is 0 Å². The van der Waals surface area contributed by atoms with E-state index in [0.717, 1.165) is 25.7 Å². The summed E-state index contributed by atoms with van der Waals surface area (Å²) in [6.45, 7) is 3.16. The van der Waals surface area contributed by atoms with Crippen LogP contribution in [0.15, 0.2) is 0 Å². The molecule has 66 valence electrons. The van der Waals surface area contributed by atoms with Crippen LogP contribution >= 0.6 is 7.60 Å². The Morgan fingerprint density at radius 3 is 2.27 bits per heavy atom. The molecule has 1 unspecified atom stereocenters. The largest absolute Gasteiger partial charge is 0.325 e. The summed E-state index contributed by atoms with van der Waals surface area (Å²) in [6, 6.07) is 0. The van der Waals surface area contributed by atoms with Crippen molar-refractivity contribution < 1.29 is 14.0 Å². The van der Waals surface area contributed by atoms with Crippen molar-refractivity contribution >= 4 is 7.60 Å². The molecule has 0 saturated heterocycles. The third-order valence-corrected chi connectivity index (χ3v) is 2.83. The van der Waals surface area contributed by atoms with Crippen molar-refractivity contribution in [3.05, 3.63) is 0 Å². The lowest BCUT2D eigenvalue weighted by molar-refractivity contribution is 0.0831. The molecule has 1 fully saturated rings. The monoisotopic (exact) mass is 178 g/mol. The first-order valence-corrected chi connectivity index (χ1v) is 5.95. The topological polar surface area (TPSA) is 46.5 Å². The highest BCUT2D eigenvalue weighted by molar-refractivity contribution is 7.51. The van der Waals surface area contributed by atoms with E-state index in [-0.39, 0.29) is 5.60 Å². The highest BCUT2D eigenvalue weighted by atomic mass is 31.2. The van der Waals surface area contributed by atoms with Crippen molar-refractivity contribution in [2.75, 3.05) is 6.66 Å². The Kier molecular flexibility index (Phi) is 2.43. The van der Waals surface area contributed by atoms with Crippen LogP contribution in [0.5, 0.6) is 0 Å². The van der Waals surface area contributed by atoms with E-state index in [1.54, 1.807) is 0 Å². The summed E-state index contributed by atoms with van der Waals surface area (Å²) in [7, 11) is -3.28. The highest BCUT2D eigenvalue weighted by Gasteiger charge is 2.34. The molecule has 3 nitrogen and oxygen atoms in total. The van der Waals surface area contributed by atoms with Crippen molar-refractivity contribution in [2.45, 2.75) is 38.2 Å². The summed E-state index contributed by atoms with van der Waals surface area (Å²) >= 11 is 0. The molecule has 1 saturated carbocycles. The number of hydrogen-bond donors (Lipinski definition) is 1. The third-order valence-electron chi connectivity index (χ3n) is 2.05. The highest BCUT2D eigenvalue weighted by Crippen LogP contribution is 2.47. The van der Waals surface area contributed by atoms with Crippen LogP contribution in [0.1, 0.15) is 32.6 Å². The summed E-state index contributed by atoms with van der Waals surface area (Å²) in [5.41, 5.74) is -0.334. The molecule has 1 atom stereocenters. The van der Waals surface area contributed by atoms with Crippen LogP contribution in [0.25, 0.3) is 0 Å². The van der Waals surface area contributed by atoms with Crippen LogP contribution in [0.3, 0.4) is 0 Å². The molecular weight excluding hydrogens is 163 g/mol. The van der Waals surface area contributed by atoms with Crippen LogP contribution in [0.4, 0.5) is 0 Å². The first-order valence-electron chi connectivity index (χ1n) is 3.92. The Hall–Kier alpha value is 0.150. The summed E-state index contributed by atoms with van der Waals surface area (Å²) in [4.78, 5) is 8.98. The van der Waals surface area contributed by atoms with Crippen molar-refractivity contribution in [1.82, 2.24) is 0 Å². The van der Waals surface area contributed by atoms with E-state index in [9.17, 15) is 4.57 Å². The summed E-state index contributed by atoms with van der Waals surface area (Å²) in [6.07, 6.45) is 4.03. The normalized spacial score (nSPS) is 28.3. The van der Waals surface area contributed by atoms with Gasteiger partial charge in [-0.05, 0) is 19.8 Å². The lowest BCUT2D eigenvalue weighted by Gasteiger charge is -2.25. The maximum absolute atomic E-state index is 10.9. The predicted octanol–water partition coefficient (Wildman–Crippen LogP) is 2.15. The molecule has 1 rings (SSSR count). The van der Waals surface area contributed by atoms with Gasteiger partial charge in [0.2, 0.25) is 0 Å². The molecule has 4 heteroatoms. The first-order chi connectivity index (χ1) is 4.91. The Morgan fingerprint density at radius 1 is 1.45 bits per heavy atom. The lowest BCUT2D eigenvalue weighted by atomic mass is 10.1. The fourth-order valence-corrected chi connectivity index (χ4v) is 2.62. The molecule has 0 aromatic heterocycles. The van der Waals surface area contributed by atoms with Crippen LogP contribution in [0, 0.1) is 0 Å². The zero-order valence-corrected chi connectivity index (χ0v) is 7.93. The summed E-state index contributed by atoms with van der Waals surface area (Å²) in [5, 5.41) is 0. The van der Waals surface area contributed by atoms with E-state index in [1.807, 2.05) is 6.92 Å². The number of hydrogen-bond acceptors (Lipinski definition) is 2. The van der Waals surface area contributed by atoms with Crippen molar-refractivity contribution in [1.29, 1.82) is 0 Å². The van der Waals surface area contributed by atoms with Crippen LogP contribution in [0.2, 0.25) is 0 Å². The molecule has 0 radical (unpaired) electrons. The molecule has 11 heavy (non-hydrogen) atoms. The minimum atomic E-state index is -3.28. The van der Waals surface area contributed by atoms with Gasteiger partial charge < -0.3 is 9.42 Å². The van der Waals surface area contributed by atoms with Crippen LogP contribution in [-0.4, -0.2) is 17.2 Å². The average Bonchev–Trinajstić information content (AvgIpc) is 2.09. The molecule has 0 aromatic carbocycles. The van der Waals surface area contributed by atoms with Gasteiger partial charge in [0.25, 0.3) is 0 Å². The molecule has 1 N–H and O–H groups in total. The Morgan fingerprint density at radius 2 is 1.91 bits per heavy atom. The fraction of sp³-hybridized carbons (Fsp3) is 1.00. The average molecular weight is 178 g/mol. The molecular formula is C7H15O3P. The quantitative estimate of drug-likeness (QED) is 0.659. The van der Waals surface area contributed by atoms with E-state index >= 15 is 0 Å². The van der Waals surface area contributed by atoms with Gasteiger partial charge in [0.05, 0.1) is 5.60 Å². The van der Waals surface area contributed by atoms with E-state index < -0.39 is 7.60 Å². The lowest BCUT2D eigenvalue weighted by Crippen LogP contribution is -2.22. The van der Waals surface area contributed by atoms with Gasteiger partial charge >= 0.3 is 7.60 Å². The van der Waals surface area contributed by atoms with E-state index in [2.05, 4.69) is 0 Å². The minimum Gasteiger partial charge on any atom is -0.324 e. The van der Waals surface area contributed by atoms with Gasteiger partial charge in [-0.15, -0.1) is 0 Å². The first kappa shape index (κ1) is 9.24. The zero-order valence-electron chi connectivity index (χ0n) is 7.04. The molecule has 0 aromatic rings. The van der Waals surface area contributed by atoms with E-state index in [1.165, 1.54) is 6.66 Å². The van der Waals surface area contributed by atoms with Gasteiger partial charge in [0.15, 0.2) is 0 Å². The second-order valence-electron chi connectivity index (χ2n) is 3.55. The fourth-order valence-electron chi connectivity index (χ4n) is 1.62. The molecule has 1 aliphatic rings. The molecule has 0 amide bonds. The maximum Gasteiger partial charge on any atom is 0.325 e. The van der Waals surface area contributed by atoms with Crippen molar-refractivity contribution in [2.24, 2.45) is 0 Å². The molecule has 0 spiro atoms. The van der Waals surface area contributed by atoms with Gasteiger partial charge in [-0.2, -0.15) is 0 Å². The van der Waals surface area contributed by atoms with Crippen molar-refractivity contribution in [3.63, 3.8) is 0 Å². The van der Waals surface area contributed by atoms with E-state index in [0.29, 0.717) is 0 Å². The van der Waals surface area contributed by atoms with Gasteiger partial charge in [0, 0.05) is 6.66 Å². The van der Waals surface area contributed by atoms with Gasteiger partial charge in [-0.3, -0.25) is 4.57 Å². The van der Waals surface area contributed by atoms with Crippen molar-refractivity contribution in [3.8, 4) is 0 Å². The molecule has 0 heterocycles. The zero-order chi connectivity index (χ0) is 8.54. The summed E-state index contributed by atoms with van der Waals surface area (Å²) in [5.74, 6) is 0. The second kappa shape index (κ2) is 2.89. The smallest absolute Gasteiger partial charge is 0.324 e. The second-order valence-corrected chi connectivity index (χ2v) is 5.34. The van der Waals surface area contributed by atoms with E-state index in [4.69, 9.17) is 9.42 Å². The Bertz CT molecular complexity index is 178. The molecule has 1 aliphatic carbocycles. The maximum atomic E-state index is 10.9. The third kappa shape index (κ3) is 2.94. The Balaban J connectivity index is 2.53. The van der Waals surface area contributed by atoms with Crippen LogP contribution in [-0.2, 0) is 9.09 Å². The summed E-state index contributed by atoms with van der Waals surface area (Å²) < 4.78 is 16.0.